The monoisotopic (exact) mass is 480 g/mol. The molecule has 0 heterocycles. The van der Waals surface area contributed by atoms with Gasteiger partial charge in [0.1, 0.15) is 12.4 Å². The molecule has 0 radical (unpaired) electrons. The first-order chi connectivity index (χ1) is 13.0. The van der Waals surface area contributed by atoms with E-state index in [-0.39, 0.29) is 24.8 Å². The molecule has 0 aliphatic rings. The molecule has 27 heavy (non-hydrogen) atoms. The zero-order chi connectivity index (χ0) is 19.6. The number of benzene rings is 2. The topological polar surface area (TPSA) is 59.9 Å². The minimum Gasteiger partial charge on any atom is -0.490 e. The molecular formula is C20H18FIN2O3. The largest absolute Gasteiger partial charge is 0.490 e. The molecule has 1 N–H and O–H groups in total. The van der Waals surface area contributed by atoms with Crippen LogP contribution in [-0.2, 0) is 11.2 Å². The summed E-state index contributed by atoms with van der Waals surface area (Å²) in [7, 11) is 0. The van der Waals surface area contributed by atoms with Gasteiger partial charge in [0.15, 0.2) is 11.5 Å². The Bertz CT molecular complexity index is 861. The lowest BCUT2D eigenvalue weighted by atomic mass is 10.1. The molecule has 0 unspecified atom stereocenters. The Kier molecular flexibility index (Phi) is 8.07. The molecular weight excluding hydrogens is 462 g/mol. The Morgan fingerprint density at radius 3 is 2.74 bits per heavy atom. The summed E-state index contributed by atoms with van der Waals surface area (Å²) in [6, 6.07) is 9.34. The number of carbonyl (C=O) groups excluding carboxylic acids is 1. The fraction of sp³-hybridized carbons (Fsp3) is 0.200. The number of rotatable bonds is 8. The van der Waals surface area contributed by atoms with E-state index in [0.717, 1.165) is 9.13 Å². The van der Waals surface area contributed by atoms with Crippen molar-refractivity contribution in [2.45, 2.75) is 13.3 Å². The molecule has 0 aromatic heterocycles. The van der Waals surface area contributed by atoms with Crippen molar-refractivity contribution >= 4 is 34.7 Å². The van der Waals surface area contributed by atoms with Crippen LogP contribution in [0.4, 0.5) is 4.39 Å². The first-order valence-corrected chi connectivity index (χ1v) is 9.20. The fourth-order valence-corrected chi connectivity index (χ4v) is 2.97. The van der Waals surface area contributed by atoms with Crippen LogP contribution in [-0.4, -0.2) is 25.3 Å². The highest BCUT2D eigenvalue weighted by Crippen LogP contribution is 2.33. The molecule has 2 rings (SSSR count). The van der Waals surface area contributed by atoms with Gasteiger partial charge in [0.25, 0.3) is 0 Å². The van der Waals surface area contributed by atoms with E-state index in [9.17, 15) is 9.18 Å². The van der Waals surface area contributed by atoms with Gasteiger partial charge in [0, 0.05) is 0 Å². The van der Waals surface area contributed by atoms with Gasteiger partial charge in [0.05, 0.1) is 22.8 Å². The van der Waals surface area contributed by atoms with E-state index in [4.69, 9.17) is 15.9 Å². The van der Waals surface area contributed by atoms with E-state index in [2.05, 4.69) is 39.0 Å². The standard InChI is InChI=1S/C20H18FIN2O3/c1-3-9-27-20-17(22)10-15(11-18(20)26-4-2)13-23-24-19(25)12-14-5-7-16(21)8-6-14/h1,5-8,10-11,13H,4,9,12H2,2H3,(H,24,25)/b23-13+. The zero-order valence-electron chi connectivity index (χ0n) is 14.7. The predicted molar refractivity (Wildman–Crippen MR) is 110 cm³/mol. The van der Waals surface area contributed by atoms with E-state index in [0.29, 0.717) is 23.7 Å². The van der Waals surface area contributed by atoms with Crippen molar-refractivity contribution < 1.29 is 18.7 Å². The zero-order valence-corrected chi connectivity index (χ0v) is 16.8. The van der Waals surface area contributed by atoms with Crippen LogP contribution in [0.3, 0.4) is 0 Å². The van der Waals surface area contributed by atoms with Crippen LogP contribution in [0.1, 0.15) is 18.1 Å². The second kappa shape index (κ2) is 10.5. The van der Waals surface area contributed by atoms with Crippen LogP contribution in [0, 0.1) is 21.7 Å². The quantitative estimate of drug-likeness (QED) is 0.272. The molecule has 5 nitrogen and oxygen atoms in total. The van der Waals surface area contributed by atoms with Gasteiger partial charge in [-0.2, -0.15) is 5.10 Å². The summed E-state index contributed by atoms with van der Waals surface area (Å²) < 4.78 is 24.8. The Morgan fingerprint density at radius 1 is 1.33 bits per heavy atom. The molecule has 0 spiro atoms. The van der Waals surface area contributed by atoms with Gasteiger partial charge in [-0.3, -0.25) is 4.79 Å². The molecule has 2 aromatic carbocycles. The summed E-state index contributed by atoms with van der Waals surface area (Å²) in [6.07, 6.45) is 6.86. The number of nitrogens with zero attached hydrogens (tertiary/aromatic N) is 1. The van der Waals surface area contributed by atoms with Crippen molar-refractivity contribution in [1.82, 2.24) is 5.43 Å². The molecule has 0 aliphatic carbocycles. The van der Waals surface area contributed by atoms with Crippen molar-refractivity contribution in [2.24, 2.45) is 5.10 Å². The lowest BCUT2D eigenvalue weighted by Crippen LogP contribution is -2.19. The average Bonchev–Trinajstić information content (AvgIpc) is 2.63. The summed E-state index contributed by atoms with van der Waals surface area (Å²) in [5.41, 5.74) is 3.89. The smallest absolute Gasteiger partial charge is 0.244 e. The number of terminal acetylenes is 1. The van der Waals surface area contributed by atoms with E-state index < -0.39 is 0 Å². The van der Waals surface area contributed by atoms with Crippen LogP contribution in [0.2, 0.25) is 0 Å². The van der Waals surface area contributed by atoms with E-state index in [1.165, 1.54) is 18.3 Å². The molecule has 0 aliphatic heterocycles. The maximum absolute atomic E-state index is 12.9. The van der Waals surface area contributed by atoms with Gasteiger partial charge >= 0.3 is 0 Å². The van der Waals surface area contributed by atoms with Gasteiger partial charge in [-0.25, -0.2) is 9.82 Å². The van der Waals surface area contributed by atoms with E-state index in [1.807, 2.05) is 13.0 Å². The SMILES string of the molecule is C#CCOc1c(I)cc(/C=N/NC(=O)Cc2ccc(F)cc2)cc1OCC. The summed E-state index contributed by atoms with van der Waals surface area (Å²) >= 11 is 2.12. The molecule has 2 aromatic rings. The summed E-state index contributed by atoms with van der Waals surface area (Å²) in [5, 5.41) is 3.96. The Labute approximate surface area is 171 Å². The number of ether oxygens (including phenoxy) is 2. The lowest BCUT2D eigenvalue weighted by molar-refractivity contribution is -0.120. The predicted octanol–water partition coefficient (Wildman–Crippen LogP) is 3.53. The molecule has 0 saturated heterocycles. The fourth-order valence-electron chi connectivity index (χ4n) is 2.19. The summed E-state index contributed by atoms with van der Waals surface area (Å²) in [4.78, 5) is 11.9. The molecule has 140 valence electrons. The van der Waals surface area contributed by atoms with Crippen molar-refractivity contribution in [3.05, 3.63) is 56.9 Å². The molecule has 0 saturated carbocycles. The lowest BCUT2D eigenvalue weighted by Gasteiger charge is -2.13. The molecule has 0 fully saturated rings. The minimum absolute atomic E-state index is 0.109. The summed E-state index contributed by atoms with van der Waals surface area (Å²) in [5.74, 6) is 2.91. The van der Waals surface area contributed by atoms with Gasteiger partial charge in [0.2, 0.25) is 5.91 Å². The van der Waals surface area contributed by atoms with Crippen LogP contribution < -0.4 is 14.9 Å². The molecule has 0 bridgehead atoms. The number of hydrogen-bond acceptors (Lipinski definition) is 4. The van der Waals surface area contributed by atoms with Crippen LogP contribution in [0.25, 0.3) is 0 Å². The second-order valence-corrected chi connectivity index (χ2v) is 6.51. The number of carbonyl (C=O) groups is 1. The van der Waals surface area contributed by atoms with Crippen LogP contribution in [0.15, 0.2) is 41.5 Å². The summed E-state index contributed by atoms with van der Waals surface area (Å²) in [6.45, 7) is 2.48. The number of hydrazone groups is 1. The third-order valence-electron chi connectivity index (χ3n) is 3.31. The third-order valence-corrected chi connectivity index (χ3v) is 4.11. The third kappa shape index (κ3) is 6.57. The molecule has 7 heteroatoms. The van der Waals surface area contributed by atoms with Crippen LogP contribution >= 0.6 is 22.6 Å². The Balaban J connectivity index is 2.03. The van der Waals surface area contributed by atoms with Crippen molar-refractivity contribution in [3.63, 3.8) is 0 Å². The Hall–Kier alpha value is -2.60. The number of halogens is 2. The van der Waals surface area contributed by atoms with Gasteiger partial charge in [-0.05, 0) is 64.9 Å². The minimum atomic E-state index is -0.341. The van der Waals surface area contributed by atoms with Crippen molar-refractivity contribution in [3.8, 4) is 23.8 Å². The highest BCUT2D eigenvalue weighted by molar-refractivity contribution is 14.1. The Morgan fingerprint density at radius 2 is 2.07 bits per heavy atom. The maximum Gasteiger partial charge on any atom is 0.244 e. The molecule has 0 atom stereocenters. The maximum atomic E-state index is 12.9. The first-order valence-electron chi connectivity index (χ1n) is 8.12. The van der Waals surface area contributed by atoms with Gasteiger partial charge in [-0.1, -0.05) is 18.1 Å². The highest BCUT2D eigenvalue weighted by Gasteiger charge is 2.11. The number of hydrogen-bond donors (Lipinski definition) is 1. The molecule has 1 amide bonds. The van der Waals surface area contributed by atoms with Crippen molar-refractivity contribution in [1.29, 1.82) is 0 Å². The van der Waals surface area contributed by atoms with E-state index >= 15 is 0 Å². The van der Waals surface area contributed by atoms with Crippen LogP contribution in [0.5, 0.6) is 11.5 Å². The normalized spacial score (nSPS) is 10.4. The number of amides is 1. The number of nitrogens with one attached hydrogen (secondary N) is 1. The average molecular weight is 480 g/mol. The van der Waals surface area contributed by atoms with Crippen molar-refractivity contribution in [2.75, 3.05) is 13.2 Å². The van der Waals surface area contributed by atoms with Gasteiger partial charge in [-0.15, -0.1) is 6.42 Å². The van der Waals surface area contributed by atoms with Gasteiger partial charge < -0.3 is 9.47 Å². The van der Waals surface area contributed by atoms with E-state index in [1.54, 1.807) is 18.2 Å². The highest BCUT2D eigenvalue weighted by atomic mass is 127. The first kappa shape index (κ1) is 20.7. The second-order valence-electron chi connectivity index (χ2n) is 5.35.